The Labute approximate surface area is 135 Å². The van der Waals surface area contributed by atoms with Crippen LogP contribution in [0.5, 0.6) is 0 Å². The van der Waals surface area contributed by atoms with Crippen LogP contribution in [0.1, 0.15) is 23.7 Å². The lowest BCUT2D eigenvalue weighted by Crippen LogP contribution is -2.18. The number of aromatic nitrogens is 1. The molecule has 0 saturated heterocycles. The Bertz CT molecular complexity index is 557. The van der Waals surface area contributed by atoms with Crippen molar-refractivity contribution in [2.45, 2.75) is 26.6 Å². The zero-order valence-electron chi connectivity index (χ0n) is 12.6. The molecule has 0 aliphatic carbocycles. The summed E-state index contributed by atoms with van der Waals surface area (Å²) in [5, 5.41) is 3.35. The zero-order chi connectivity index (χ0) is 15.1. The second kappa shape index (κ2) is 8.27. The van der Waals surface area contributed by atoms with Gasteiger partial charge in [-0.25, -0.2) is 0 Å². The van der Waals surface area contributed by atoms with Gasteiger partial charge in [0.2, 0.25) is 0 Å². The van der Waals surface area contributed by atoms with Crippen molar-refractivity contribution >= 4 is 15.9 Å². The van der Waals surface area contributed by atoms with Crippen molar-refractivity contribution in [3.05, 3.63) is 63.9 Å². The van der Waals surface area contributed by atoms with Gasteiger partial charge in [-0.05, 0) is 42.9 Å². The molecule has 0 spiro atoms. The number of benzene rings is 1. The van der Waals surface area contributed by atoms with E-state index in [0.717, 1.165) is 31.9 Å². The van der Waals surface area contributed by atoms with E-state index in [4.69, 9.17) is 0 Å². The van der Waals surface area contributed by atoms with Crippen LogP contribution in [0.3, 0.4) is 0 Å². The van der Waals surface area contributed by atoms with Crippen molar-refractivity contribution in [1.82, 2.24) is 15.2 Å². The first-order chi connectivity index (χ1) is 10.2. The van der Waals surface area contributed by atoms with Gasteiger partial charge in [0.05, 0.1) is 5.69 Å². The molecule has 1 aromatic carbocycles. The van der Waals surface area contributed by atoms with Crippen molar-refractivity contribution in [3.8, 4) is 0 Å². The fraction of sp³-hybridized carbons (Fsp3) is 0.353. The van der Waals surface area contributed by atoms with Gasteiger partial charge in [-0.1, -0.05) is 41.1 Å². The summed E-state index contributed by atoms with van der Waals surface area (Å²) >= 11 is 3.68. The number of halogens is 1. The van der Waals surface area contributed by atoms with Crippen LogP contribution in [0.25, 0.3) is 0 Å². The molecule has 112 valence electrons. The average Bonchev–Trinajstić information content (AvgIpc) is 2.48. The highest BCUT2D eigenvalue weighted by molar-refractivity contribution is 9.10. The van der Waals surface area contributed by atoms with E-state index < -0.39 is 0 Å². The Kier molecular flexibility index (Phi) is 6.36. The van der Waals surface area contributed by atoms with Crippen molar-refractivity contribution in [2.24, 2.45) is 0 Å². The molecule has 1 aromatic heterocycles. The topological polar surface area (TPSA) is 28.2 Å². The number of pyridine rings is 1. The summed E-state index contributed by atoms with van der Waals surface area (Å²) in [5.74, 6) is 0. The predicted octanol–water partition coefficient (Wildman–Crippen LogP) is 3.59. The highest BCUT2D eigenvalue weighted by atomic mass is 79.9. The maximum absolute atomic E-state index is 4.37. The molecule has 2 rings (SSSR count). The van der Waals surface area contributed by atoms with Crippen molar-refractivity contribution in [2.75, 3.05) is 13.6 Å². The molecule has 21 heavy (non-hydrogen) atoms. The van der Waals surface area contributed by atoms with Crippen LogP contribution >= 0.6 is 15.9 Å². The van der Waals surface area contributed by atoms with E-state index >= 15 is 0 Å². The average molecular weight is 348 g/mol. The Morgan fingerprint density at radius 1 is 1.19 bits per heavy atom. The Morgan fingerprint density at radius 2 is 2.05 bits per heavy atom. The van der Waals surface area contributed by atoms with Crippen LogP contribution in [-0.2, 0) is 19.6 Å². The summed E-state index contributed by atoms with van der Waals surface area (Å²) in [7, 11) is 2.12. The van der Waals surface area contributed by atoms with Crippen molar-refractivity contribution < 1.29 is 0 Å². The molecule has 3 nitrogen and oxygen atoms in total. The summed E-state index contributed by atoms with van der Waals surface area (Å²) in [6.07, 6.45) is 1.84. The predicted molar refractivity (Wildman–Crippen MR) is 90.9 cm³/mol. The number of nitrogens with one attached hydrogen (secondary N) is 1. The second-order valence-corrected chi connectivity index (χ2v) is 6.05. The molecule has 0 unspecified atom stereocenters. The third-order valence-corrected chi connectivity index (χ3v) is 4.03. The Balaban J connectivity index is 1.95. The van der Waals surface area contributed by atoms with Crippen molar-refractivity contribution in [3.63, 3.8) is 0 Å². The maximum Gasteiger partial charge on any atom is 0.0543 e. The molecule has 0 atom stereocenters. The van der Waals surface area contributed by atoms with Crippen molar-refractivity contribution in [1.29, 1.82) is 0 Å². The third kappa shape index (κ3) is 5.23. The summed E-state index contributed by atoms with van der Waals surface area (Å²) in [6.45, 7) is 5.78. The minimum Gasteiger partial charge on any atom is -0.313 e. The van der Waals surface area contributed by atoms with E-state index in [9.17, 15) is 0 Å². The van der Waals surface area contributed by atoms with Crippen LogP contribution in [0.2, 0.25) is 0 Å². The lowest BCUT2D eigenvalue weighted by molar-refractivity contribution is 0.314. The highest BCUT2D eigenvalue weighted by Crippen LogP contribution is 2.20. The van der Waals surface area contributed by atoms with Crippen LogP contribution in [0, 0.1) is 0 Å². The van der Waals surface area contributed by atoms with Gasteiger partial charge in [-0.3, -0.25) is 9.88 Å². The summed E-state index contributed by atoms with van der Waals surface area (Å²) in [4.78, 5) is 6.64. The molecule has 0 amide bonds. The fourth-order valence-corrected chi connectivity index (χ4v) is 2.76. The van der Waals surface area contributed by atoms with E-state index in [1.165, 1.54) is 15.6 Å². The van der Waals surface area contributed by atoms with Crippen LogP contribution in [0.4, 0.5) is 0 Å². The van der Waals surface area contributed by atoms with Crippen LogP contribution in [-0.4, -0.2) is 23.5 Å². The Morgan fingerprint density at radius 3 is 2.71 bits per heavy atom. The lowest BCUT2D eigenvalue weighted by Gasteiger charge is -2.17. The molecule has 0 radical (unpaired) electrons. The standard InChI is InChI=1S/C17H22BrN3/c1-3-19-11-14-7-8-15(17(18)10-14)12-21(2)13-16-6-4-5-9-20-16/h4-10,19H,3,11-13H2,1-2H3. The summed E-state index contributed by atoms with van der Waals surface area (Å²) < 4.78 is 1.17. The van der Waals surface area contributed by atoms with Gasteiger partial charge in [0.1, 0.15) is 0 Å². The zero-order valence-corrected chi connectivity index (χ0v) is 14.2. The minimum atomic E-state index is 0.854. The minimum absolute atomic E-state index is 0.854. The number of rotatable bonds is 7. The molecule has 1 N–H and O–H groups in total. The molecular weight excluding hydrogens is 326 g/mol. The van der Waals surface area contributed by atoms with Gasteiger partial charge < -0.3 is 5.32 Å². The monoisotopic (exact) mass is 347 g/mol. The summed E-state index contributed by atoms with van der Waals surface area (Å²) in [6, 6.07) is 12.6. The number of hydrogen-bond acceptors (Lipinski definition) is 3. The Hall–Kier alpha value is -1.23. The SMILES string of the molecule is CCNCc1ccc(CN(C)Cc2ccccn2)c(Br)c1. The van der Waals surface area contributed by atoms with E-state index in [-0.39, 0.29) is 0 Å². The third-order valence-electron chi connectivity index (χ3n) is 3.29. The number of nitrogens with zero attached hydrogens (tertiary/aromatic N) is 2. The molecule has 0 aliphatic heterocycles. The van der Waals surface area contributed by atoms with Gasteiger partial charge in [0.15, 0.2) is 0 Å². The highest BCUT2D eigenvalue weighted by Gasteiger charge is 2.06. The first kappa shape index (κ1) is 16.1. The molecule has 0 bridgehead atoms. The van der Waals surface area contributed by atoms with Gasteiger partial charge in [0.25, 0.3) is 0 Å². The maximum atomic E-state index is 4.37. The van der Waals surface area contributed by atoms with E-state index in [0.29, 0.717) is 0 Å². The molecular formula is C17H22BrN3. The number of hydrogen-bond donors (Lipinski definition) is 1. The first-order valence-corrected chi connectivity index (χ1v) is 8.05. The van der Waals surface area contributed by atoms with Gasteiger partial charge in [-0.2, -0.15) is 0 Å². The van der Waals surface area contributed by atoms with Crippen LogP contribution in [0.15, 0.2) is 47.1 Å². The first-order valence-electron chi connectivity index (χ1n) is 7.25. The van der Waals surface area contributed by atoms with Crippen LogP contribution < -0.4 is 5.32 Å². The smallest absolute Gasteiger partial charge is 0.0543 e. The largest absolute Gasteiger partial charge is 0.313 e. The van der Waals surface area contributed by atoms with Gasteiger partial charge in [0, 0.05) is 30.3 Å². The fourth-order valence-electron chi connectivity index (χ4n) is 2.21. The van der Waals surface area contributed by atoms with E-state index in [1.807, 2.05) is 18.3 Å². The molecule has 4 heteroatoms. The molecule has 0 fully saturated rings. The van der Waals surface area contributed by atoms with E-state index in [2.05, 4.69) is 69.4 Å². The molecule has 0 saturated carbocycles. The molecule has 2 aromatic rings. The second-order valence-electron chi connectivity index (χ2n) is 5.20. The normalized spacial score (nSPS) is 11.0. The summed E-state index contributed by atoms with van der Waals surface area (Å²) in [5.41, 5.74) is 3.70. The molecule has 0 aliphatic rings. The van der Waals surface area contributed by atoms with Gasteiger partial charge >= 0.3 is 0 Å². The molecule has 1 heterocycles. The van der Waals surface area contributed by atoms with E-state index in [1.54, 1.807) is 0 Å². The quantitative estimate of drug-likeness (QED) is 0.829. The van der Waals surface area contributed by atoms with Gasteiger partial charge in [-0.15, -0.1) is 0 Å². The lowest BCUT2D eigenvalue weighted by atomic mass is 10.1.